The number of ether oxygens (including phenoxy) is 2. The number of rotatable bonds is 7. The molecular formula is C25H20ClFN2O4S. The Balaban J connectivity index is 1.77. The zero-order valence-electron chi connectivity index (χ0n) is 18.5. The molecule has 1 aliphatic rings. The molecule has 0 saturated carbocycles. The number of hydrogen-bond donors (Lipinski definition) is 1. The van der Waals surface area contributed by atoms with Gasteiger partial charge in [0.1, 0.15) is 27.9 Å². The number of hydrogen-bond acceptors (Lipinski definition) is 6. The molecule has 0 spiro atoms. The van der Waals surface area contributed by atoms with Crippen LogP contribution >= 0.6 is 23.4 Å². The normalized spacial score (nSPS) is 13.5. The topological polar surface area (TPSA) is 67.9 Å². The maximum Gasteiger partial charge on any atom is 0.283 e. The molecule has 0 unspecified atom stereocenters. The quantitative estimate of drug-likeness (QED) is 0.416. The number of nitrogens with one attached hydrogen (secondary N) is 1. The average Bonchev–Trinajstić information content (AvgIpc) is 3.06. The molecule has 9 heteroatoms. The van der Waals surface area contributed by atoms with Crippen molar-refractivity contribution in [3.05, 3.63) is 87.7 Å². The highest BCUT2D eigenvalue weighted by molar-refractivity contribution is 8.04. The van der Waals surface area contributed by atoms with Crippen LogP contribution in [0.15, 0.2) is 76.2 Å². The average molecular weight is 499 g/mol. The fourth-order valence-electron chi connectivity index (χ4n) is 3.33. The van der Waals surface area contributed by atoms with E-state index >= 15 is 0 Å². The van der Waals surface area contributed by atoms with E-state index in [0.29, 0.717) is 17.2 Å². The van der Waals surface area contributed by atoms with E-state index in [1.165, 1.54) is 26.4 Å². The minimum absolute atomic E-state index is 0.0690. The summed E-state index contributed by atoms with van der Waals surface area (Å²) in [4.78, 5) is 28.8. The lowest BCUT2D eigenvalue weighted by Gasteiger charge is -2.16. The molecule has 3 aromatic rings. The number of amides is 2. The van der Waals surface area contributed by atoms with Crippen molar-refractivity contribution >= 4 is 46.6 Å². The number of anilines is 2. The van der Waals surface area contributed by atoms with E-state index in [1.54, 1.807) is 18.2 Å². The van der Waals surface area contributed by atoms with Crippen LogP contribution in [0.25, 0.3) is 0 Å². The van der Waals surface area contributed by atoms with Crippen LogP contribution in [0.4, 0.5) is 15.8 Å². The number of imide groups is 1. The van der Waals surface area contributed by atoms with Gasteiger partial charge in [0.25, 0.3) is 11.8 Å². The summed E-state index contributed by atoms with van der Waals surface area (Å²) in [6.07, 6.45) is 0. The Kier molecular flexibility index (Phi) is 6.81. The summed E-state index contributed by atoms with van der Waals surface area (Å²) in [5.41, 5.74) is 1.78. The predicted octanol–water partition coefficient (Wildman–Crippen LogP) is 5.79. The minimum atomic E-state index is -0.645. The fraction of sp³-hybridized carbons (Fsp3) is 0.120. The molecule has 0 bridgehead atoms. The zero-order chi connectivity index (χ0) is 24.4. The lowest BCUT2D eigenvalue weighted by atomic mass is 10.2. The van der Waals surface area contributed by atoms with Gasteiger partial charge in [0, 0.05) is 11.0 Å². The SMILES string of the molecule is COc1ccc(NC2=C(Sc3ccc(C)cc3)C(=O)N(c3ccc(F)c(Cl)c3)C2=O)c(OC)c1. The van der Waals surface area contributed by atoms with Crippen molar-refractivity contribution in [2.75, 3.05) is 24.4 Å². The molecule has 3 aromatic carbocycles. The number of aryl methyl sites for hydroxylation is 1. The van der Waals surface area contributed by atoms with Crippen molar-refractivity contribution in [2.24, 2.45) is 0 Å². The van der Waals surface area contributed by atoms with Gasteiger partial charge in [-0.1, -0.05) is 41.1 Å². The van der Waals surface area contributed by atoms with Gasteiger partial charge in [0.05, 0.1) is 30.6 Å². The van der Waals surface area contributed by atoms with E-state index < -0.39 is 17.6 Å². The Labute approximate surface area is 205 Å². The molecular weight excluding hydrogens is 479 g/mol. The number of carbonyl (C=O) groups excluding carboxylic acids is 2. The number of nitrogens with zero attached hydrogens (tertiary/aromatic N) is 1. The summed E-state index contributed by atoms with van der Waals surface area (Å²) in [5, 5.41) is 2.87. The molecule has 6 nitrogen and oxygen atoms in total. The summed E-state index contributed by atoms with van der Waals surface area (Å²) < 4.78 is 24.4. The molecule has 0 fully saturated rings. The second-order valence-electron chi connectivity index (χ2n) is 7.35. The first-order valence-electron chi connectivity index (χ1n) is 10.1. The maximum absolute atomic E-state index is 13.7. The van der Waals surface area contributed by atoms with Crippen molar-refractivity contribution in [2.45, 2.75) is 11.8 Å². The van der Waals surface area contributed by atoms with Crippen LogP contribution in [0.5, 0.6) is 11.5 Å². The maximum atomic E-state index is 13.7. The lowest BCUT2D eigenvalue weighted by Crippen LogP contribution is -2.32. The van der Waals surface area contributed by atoms with Crippen LogP contribution < -0.4 is 19.7 Å². The second kappa shape index (κ2) is 9.79. The van der Waals surface area contributed by atoms with Gasteiger partial charge < -0.3 is 14.8 Å². The van der Waals surface area contributed by atoms with Crippen molar-refractivity contribution in [3.8, 4) is 11.5 Å². The van der Waals surface area contributed by atoms with Crippen LogP contribution in [-0.2, 0) is 9.59 Å². The first-order valence-corrected chi connectivity index (χ1v) is 11.3. The van der Waals surface area contributed by atoms with Crippen molar-refractivity contribution < 1.29 is 23.5 Å². The molecule has 0 saturated heterocycles. The summed E-state index contributed by atoms with van der Waals surface area (Å²) in [7, 11) is 3.02. The first kappa shape index (κ1) is 23.7. The van der Waals surface area contributed by atoms with Crippen molar-refractivity contribution in [3.63, 3.8) is 0 Å². The van der Waals surface area contributed by atoms with Crippen LogP contribution in [0, 0.1) is 12.7 Å². The Morgan fingerprint density at radius 1 is 0.941 bits per heavy atom. The third kappa shape index (κ3) is 4.60. The Hall–Kier alpha value is -3.49. The van der Waals surface area contributed by atoms with Gasteiger partial charge in [0.2, 0.25) is 0 Å². The molecule has 4 rings (SSSR count). The van der Waals surface area contributed by atoms with E-state index in [4.69, 9.17) is 21.1 Å². The van der Waals surface area contributed by atoms with E-state index in [-0.39, 0.29) is 21.3 Å². The summed E-state index contributed by atoms with van der Waals surface area (Å²) in [6.45, 7) is 1.96. The van der Waals surface area contributed by atoms with Crippen LogP contribution in [0.3, 0.4) is 0 Å². The summed E-state index contributed by atoms with van der Waals surface area (Å²) in [6, 6.07) is 16.3. The Morgan fingerprint density at radius 2 is 1.68 bits per heavy atom. The van der Waals surface area contributed by atoms with Crippen molar-refractivity contribution in [1.82, 2.24) is 0 Å². The highest BCUT2D eigenvalue weighted by atomic mass is 35.5. The minimum Gasteiger partial charge on any atom is -0.497 e. The summed E-state index contributed by atoms with van der Waals surface area (Å²) >= 11 is 7.07. The molecule has 174 valence electrons. The molecule has 2 amide bonds. The molecule has 34 heavy (non-hydrogen) atoms. The number of benzene rings is 3. The predicted molar refractivity (Wildman–Crippen MR) is 131 cm³/mol. The molecule has 1 N–H and O–H groups in total. The molecule has 1 heterocycles. The molecule has 0 aromatic heterocycles. The Morgan fingerprint density at radius 3 is 2.32 bits per heavy atom. The number of carbonyl (C=O) groups is 2. The largest absolute Gasteiger partial charge is 0.497 e. The highest BCUT2D eigenvalue weighted by Crippen LogP contribution is 2.40. The third-order valence-electron chi connectivity index (χ3n) is 5.11. The molecule has 1 aliphatic heterocycles. The van der Waals surface area contributed by atoms with Gasteiger partial charge in [-0.05, 0) is 49.4 Å². The third-order valence-corrected chi connectivity index (χ3v) is 6.49. The van der Waals surface area contributed by atoms with Gasteiger partial charge in [-0.15, -0.1) is 0 Å². The van der Waals surface area contributed by atoms with E-state index in [9.17, 15) is 14.0 Å². The standard InChI is InChI=1S/C25H20ClFN2O4S/c1-14-4-8-17(9-5-14)34-23-22(28-20-11-7-16(32-2)13-21(20)33-3)24(30)29(25(23)31)15-6-10-19(27)18(26)12-15/h4-13,28H,1-3H3. The smallest absolute Gasteiger partial charge is 0.283 e. The van der Waals surface area contributed by atoms with Crippen LogP contribution in [0.2, 0.25) is 5.02 Å². The monoisotopic (exact) mass is 498 g/mol. The van der Waals surface area contributed by atoms with Gasteiger partial charge in [0.15, 0.2) is 0 Å². The number of methoxy groups -OCH3 is 2. The van der Waals surface area contributed by atoms with Gasteiger partial charge >= 0.3 is 0 Å². The van der Waals surface area contributed by atoms with Gasteiger partial charge in [-0.2, -0.15) is 0 Å². The fourth-order valence-corrected chi connectivity index (χ4v) is 4.44. The van der Waals surface area contributed by atoms with E-state index in [0.717, 1.165) is 33.2 Å². The Bertz CT molecular complexity index is 1310. The first-order chi connectivity index (χ1) is 16.3. The number of halogens is 2. The van der Waals surface area contributed by atoms with Crippen LogP contribution in [0.1, 0.15) is 5.56 Å². The highest BCUT2D eigenvalue weighted by Gasteiger charge is 2.40. The summed E-state index contributed by atoms with van der Waals surface area (Å²) in [5.74, 6) is -0.793. The second-order valence-corrected chi connectivity index (χ2v) is 8.85. The lowest BCUT2D eigenvalue weighted by molar-refractivity contribution is -0.120. The molecule has 0 radical (unpaired) electrons. The van der Waals surface area contributed by atoms with Gasteiger partial charge in [-0.3, -0.25) is 9.59 Å². The van der Waals surface area contributed by atoms with E-state index in [1.807, 2.05) is 31.2 Å². The van der Waals surface area contributed by atoms with Gasteiger partial charge in [-0.25, -0.2) is 9.29 Å². The van der Waals surface area contributed by atoms with Crippen LogP contribution in [-0.4, -0.2) is 26.0 Å². The van der Waals surface area contributed by atoms with E-state index in [2.05, 4.69) is 5.32 Å². The van der Waals surface area contributed by atoms with Crippen molar-refractivity contribution in [1.29, 1.82) is 0 Å². The molecule has 0 aliphatic carbocycles. The molecule has 0 atom stereocenters. The number of thioether (sulfide) groups is 1. The zero-order valence-corrected chi connectivity index (χ0v) is 20.1.